The fraction of sp³-hybridized carbons (Fsp3) is 0.500. The molecule has 88 valence electrons. The third kappa shape index (κ3) is 2.13. The van der Waals surface area contributed by atoms with Gasteiger partial charge in [0.25, 0.3) is 0 Å². The maximum absolute atomic E-state index is 9.74. The van der Waals surface area contributed by atoms with Gasteiger partial charge in [-0.3, -0.25) is 0 Å². The van der Waals surface area contributed by atoms with Gasteiger partial charge >= 0.3 is 0 Å². The largest absolute Gasteiger partial charge is 0.504 e. The van der Waals surface area contributed by atoms with Crippen molar-refractivity contribution >= 4 is 0 Å². The summed E-state index contributed by atoms with van der Waals surface area (Å²) >= 11 is 0. The van der Waals surface area contributed by atoms with Gasteiger partial charge < -0.3 is 20.7 Å². The summed E-state index contributed by atoms with van der Waals surface area (Å²) in [6, 6.07) is 4.67. The molecule has 0 aromatic heterocycles. The second-order valence-corrected chi connectivity index (χ2v) is 4.19. The highest BCUT2D eigenvalue weighted by molar-refractivity contribution is 5.45. The quantitative estimate of drug-likeness (QED) is 0.664. The molecular formula is C12H17NO3. The standard InChI is InChI=1S/C12H17NO3/c13-11(8-4-6-16-7-5-8)9-2-1-3-10(14)12(9)15/h1-3,8,11,14-15H,4-7,13H2/t11-/m0/s1. The van der Waals surface area contributed by atoms with E-state index in [9.17, 15) is 10.2 Å². The molecule has 0 bridgehead atoms. The van der Waals surface area contributed by atoms with Gasteiger partial charge in [-0.05, 0) is 24.8 Å². The topological polar surface area (TPSA) is 75.7 Å². The van der Waals surface area contributed by atoms with Crippen molar-refractivity contribution in [2.75, 3.05) is 13.2 Å². The Morgan fingerprint density at radius 1 is 1.25 bits per heavy atom. The van der Waals surface area contributed by atoms with Crippen molar-refractivity contribution in [2.24, 2.45) is 11.7 Å². The molecule has 1 aromatic rings. The van der Waals surface area contributed by atoms with Gasteiger partial charge in [-0.25, -0.2) is 0 Å². The number of phenolic OH excluding ortho intramolecular Hbond substituents is 2. The molecule has 0 radical (unpaired) electrons. The number of benzene rings is 1. The van der Waals surface area contributed by atoms with Crippen molar-refractivity contribution in [1.29, 1.82) is 0 Å². The second kappa shape index (κ2) is 4.72. The van der Waals surface area contributed by atoms with Crippen LogP contribution in [0.3, 0.4) is 0 Å². The Morgan fingerprint density at radius 3 is 2.62 bits per heavy atom. The molecule has 0 spiro atoms. The first-order chi connectivity index (χ1) is 7.70. The Bertz CT molecular complexity index is 361. The predicted molar refractivity (Wildman–Crippen MR) is 60.2 cm³/mol. The summed E-state index contributed by atoms with van der Waals surface area (Å²) in [5, 5.41) is 19.2. The first-order valence-corrected chi connectivity index (χ1v) is 5.54. The molecule has 16 heavy (non-hydrogen) atoms. The van der Waals surface area contributed by atoms with Crippen LogP contribution in [0.15, 0.2) is 18.2 Å². The Labute approximate surface area is 94.7 Å². The van der Waals surface area contributed by atoms with Crippen LogP contribution in [0.1, 0.15) is 24.4 Å². The van der Waals surface area contributed by atoms with Crippen LogP contribution in [0, 0.1) is 5.92 Å². The SMILES string of the molecule is N[C@H](c1cccc(O)c1O)C1CCOCC1. The van der Waals surface area contributed by atoms with E-state index in [4.69, 9.17) is 10.5 Å². The van der Waals surface area contributed by atoms with Gasteiger partial charge in [0.05, 0.1) is 0 Å². The molecule has 0 amide bonds. The average Bonchev–Trinajstić information content (AvgIpc) is 2.33. The van der Waals surface area contributed by atoms with Gasteiger partial charge in [-0.15, -0.1) is 0 Å². The number of para-hydroxylation sites is 1. The molecule has 2 rings (SSSR count). The molecule has 0 saturated carbocycles. The first-order valence-electron chi connectivity index (χ1n) is 5.54. The maximum atomic E-state index is 9.74. The summed E-state index contributed by atoms with van der Waals surface area (Å²) in [7, 11) is 0. The summed E-state index contributed by atoms with van der Waals surface area (Å²) in [5.41, 5.74) is 6.73. The normalized spacial score (nSPS) is 19.6. The zero-order chi connectivity index (χ0) is 11.5. The van der Waals surface area contributed by atoms with Crippen LogP contribution in [-0.4, -0.2) is 23.4 Å². The molecule has 1 aromatic carbocycles. The van der Waals surface area contributed by atoms with E-state index in [1.54, 1.807) is 12.1 Å². The van der Waals surface area contributed by atoms with E-state index in [0.29, 0.717) is 11.5 Å². The summed E-state index contributed by atoms with van der Waals surface area (Å²) in [5.74, 6) is 0.1000. The highest BCUT2D eigenvalue weighted by Gasteiger charge is 2.24. The molecule has 1 aliphatic rings. The molecule has 1 atom stereocenters. The summed E-state index contributed by atoms with van der Waals surface area (Å²) in [4.78, 5) is 0. The Morgan fingerprint density at radius 2 is 1.94 bits per heavy atom. The first kappa shape index (κ1) is 11.2. The van der Waals surface area contributed by atoms with Crippen molar-refractivity contribution in [3.63, 3.8) is 0 Å². The van der Waals surface area contributed by atoms with Crippen LogP contribution < -0.4 is 5.73 Å². The molecule has 1 fully saturated rings. The highest BCUT2D eigenvalue weighted by Crippen LogP contribution is 2.37. The zero-order valence-corrected chi connectivity index (χ0v) is 9.10. The zero-order valence-electron chi connectivity index (χ0n) is 9.10. The molecular weight excluding hydrogens is 206 g/mol. The van der Waals surface area contributed by atoms with Gasteiger partial charge in [-0.2, -0.15) is 0 Å². The fourth-order valence-corrected chi connectivity index (χ4v) is 2.15. The highest BCUT2D eigenvalue weighted by atomic mass is 16.5. The van der Waals surface area contributed by atoms with Gasteiger partial charge in [0.1, 0.15) is 0 Å². The van der Waals surface area contributed by atoms with E-state index in [0.717, 1.165) is 26.1 Å². The summed E-state index contributed by atoms with van der Waals surface area (Å²) in [6.07, 6.45) is 1.80. The smallest absolute Gasteiger partial charge is 0.162 e. The molecule has 4 nitrogen and oxygen atoms in total. The number of ether oxygens (including phenoxy) is 1. The van der Waals surface area contributed by atoms with Crippen molar-refractivity contribution in [3.05, 3.63) is 23.8 Å². The molecule has 0 unspecified atom stereocenters. The lowest BCUT2D eigenvalue weighted by Gasteiger charge is -2.28. The number of rotatable bonds is 2. The van der Waals surface area contributed by atoms with Crippen LogP contribution in [0.4, 0.5) is 0 Å². The van der Waals surface area contributed by atoms with Crippen molar-refractivity contribution < 1.29 is 14.9 Å². The van der Waals surface area contributed by atoms with Crippen LogP contribution in [0.25, 0.3) is 0 Å². The Hall–Kier alpha value is -1.26. The fourth-order valence-electron chi connectivity index (χ4n) is 2.15. The van der Waals surface area contributed by atoms with Crippen LogP contribution >= 0.6 is 0 Å². The minimum Gasteiger partial charge on any atom is -0.504 e. The van der Waals surface area contributed by atoms with Gasteiger partial charge in [-0.1, -0.05) is 12.1 Å². The molecule has 1 heterocycles. The number of hydrogen-bond acceptors (Lipinski definition) is 4. The van der Waals surface area contributed by atoms with E-state index >= 15 is 0 Å². The monoisotopic (exact) mass is 223 g/mol. The van der Waals surface area contributed by atoms with E-state index in [2.05, 4.69) is 0 Å². The maximum Gasteiger partial charge on any atom is 0.162 e. The average molecular weight is 223 g/mol. The molecule has 1 aliphatic heterocycles. The molecule has 0 aliphatic carbocycles. The van der Waals surface area contributed by atoms with Crippen molar-refractivity contribution in [3.8, 4) is 11.5 Å². The van der Waals surface area contributed by atoms with Crippen molar-refractivity contribution in [1.82, 2.24) is 0 Å². The number of aromatic hydroxyl groups is 2. The van der Waals surface area contributed by atoms with Gasteiger partial charge in [0.15, 0.2) is 11.5 Å². The van der Waals surface area contributed by atoms with Gasteiger partial charge in [0, 0.05) is 24.8 Å². The van der Waals surface area contributed by atoms with E-state index in [-0.39, 0.29) is 17.5 Å². The van der Waals surface area contributed by atoms with E-state index in [1.807, 2.05) is 0 Å². The summed E-state index contributed by atoms with van der Waals surface area (Å²) in [6.45, 7) is 1.44. The predicted octanol–water partition coefficient (Wildman–Crippen LogP) is 1.52. The van der Waals surface area contributed by atoms with Crippen LogP contribution in [-0.2, 0) is 4.74 Å². The van der Waals surface area contributed by atoms with Crippen LogP contribution in [0.2, 0.25) is 0 Å². The minimum atomic E-state index is -0.240. The lowest BCUT2D eigenvalue weighted by atomic mass is 9.87. The second-order valence-electron chi connectivity index (χ2n) is 4.19. The number of phenols is 2. The lowest BCUT2D eigenvalue weighted by Crippen LogP contribution is -2.27. The molecule has 4 heteroatoms. The van der Waals surface area contributed by atoms with E-state index in [1.165, 1.54) is 6.07 Å². The third-order valence-electron chi connectivity index (χ3n) is 3.18. The molecule has 1 saturated heterocycles. The van der Waals surface area contributed by atoms with Gasteiger partial charge in [0.2, 0.25) is 0 Å². The van der Waals surface area contributed by atoms with Crippen LogP contribution in [0.5, 0.6) is 11.5 Å². The van der Waals surface area contributed by atoms with E-state index < -0.39 is 0 Å². The molecule has 4 N–H and O–H groups in total. The Balaban J connectivity index is 2.19. The minimum absolute atomic E-state index is 0.0958. The number of nitrogens with two attached hydrogens (primary N) is 1. The summed E-state index contributed by atoms with van der Waals surface area (Å²) < 4.78 is 5.27. The third-order valence-corrected chi connectivity index (χ3v) is 3.18. The Kier molecular flexibility index (Phi) is 3.31. The number of hydrogen-bond donors (Lipinski definition) is 3. The lowest BCUT2D eigenvalue weighted by molar-refractivity contribution is 0.0581. The van der Waals surface area contributed by atoms with Crippen molar-refractivity contribution in [2.45, 2.75) is 18.9 Å².